The molecule has 0 fully saturated rings. The number of aryl methyl sites for hydroxylation is 2. The molecule has 0 aliphatic heterocycles. The number of hydrogen-bond donors (Lipinski definition) is 0. The van der Waals surface area contributed by atoms with E-state index in [4.69, 9.17) is 0 Å². The third-order valence-electron chi connectivity index (χ3n) is 4.60. The van der Waals surface area contributed by atoms with Gasteiger partial charge in [0.05, 0.1) is 0 Å². The Bertz CT molecular complexity index is 894. The number of benzene rings is 2. The summed E-state index contributed by atoms with van der Waals surface area (Å²) in [5.74, 6) is -0.737. The maximum absolute atomic E-state index is 15.0. The normalized spacial score (nSPS) is 13.4. The molecule has 0 saturated heterocycles. The highest BCUT2D eigenvalue weighted by molar-refractivity contribution is 5.74. The molecule has 0 aromatic heterocycles. The number of rotatable bonds is 5. The van der Waals surface area contributed by atoms with E-state index in [2.05, 4.69) is 4.74 Å². The summed E-state index contributed by atoms with van der Waals surface area (Å²) < 4.78 is 136. The largest absolute Gasteiger partial charge is 0.573 e. The third-order valence-corrected chi connectivity index (χ3v) is 4.60. The highest BCUT2D eigenvalue weighted by atomic mass is 19.4. The van der Waals surface area contributed by atoms with Crippen molar-refractivity contribution < 1.29 is 48.6 Å². The molecule has 0 spiro atoms. The number of alkyl halides is 10. The highest BCUT2D eigenvalue weighted by Crippen LogP contribution is 2.56. The predicted molar refractivity (Wildman–Crippen MR) is 92.2 cm³/mol. The number of hydrogen-bond acceptors (Lipinski definition) is 1. The Hall–Kier alpha value is -2.46. The lowest BCUT2D eigenvalue weighted by molar-refractivity contribution is -0.348. The molecule has 11 heteroatoms. The molecule has 2 aromatic rings. The van der Waals surface area contributed by atoms with E-state index in [1.807, 2.05) is 0 Å². The minimum absolute atomic E-state index is 0.0191. The zero-order valence-electron chi connectivity index (χ0n) is 16.1. The van der Waals surface area contributed by atoms with Gasteiger partial charge in [0, 0.05) is 5.56 Å². The van der Waals surface area contributed by atoms with Crippen LogP contribution in [0.2, 0.25) is 0 Å². The first-order chi connectivity index (χ1) is 14.0. The van der Waals surface area contributed by atoms with Crippen LogP contribution in [-0.2, 0) is 18.5 Å². The summed E-state index contributed by atoms with van der Waals surface area (Å²) in [5.41, 5.74) is -8.33. The van der Waals surface area contributed by atoms with E-state index in [1.165, 1.54) is 19.9 Å². The SMILES string of the molecule is CCc1cc(CC)c(-c2ccc(OC(F)(F)F)cc2)c(C(F)(C(F)(F)F)C(F)(F)F)c1. The van der Waals surface area contributed by atoms with Crippen LogP contribution in [0.3, 0.4) is 0 Å². The van der Waals surface area contributed by atoms with Gasteiger partial charge in [0.15, 0.2) is 0 Å². The maximum atomic E-state index is 15.0. The van der Waals surface area contributed by atoms with Gasteiger partial charge >= 0.3 is 24.4 Å². The van der Waals surface area contributed by atoms with Crippen molar-refractivity contribution in [3.8, 4) is 16.9 Å². The molecule has 0 N–H and O–H groups in total. The van der Waals surface area contributed by atoms with Crippen molar-refractivity contribution in [2.45, 2.75) is 51.1 Å². The summed E-state index contributed by atoms with van der Waals surface area (Å²) in [5, 5.41) is 0. The van der Waals surface area contributed by atoms with Crippen LogP contribution in [0.1, 0.15) is 30.5 Å². The first-order valence-corrected chi connectivity index (χ1v) is 8.90. The molecule has 2 rings (SSSR count). The molecule has 1 nitrogen and oxygen atoms in total. The molecule has 0 unspecified atom stereocenters. The molecule has 2 aromatic carbocycles. The summed E-state index contributed by atoms with van der Waals surface area (Å²) in [6, 6.07) is 4.97. The average Bonchev–Trinajstić information content (AvgIpc) is 2.63. The van der Waals surface area contributed by atoms with Crippen molar-refractivity contribution in [3.63, 3.8) is 0 Å². The molecule has 0 atom stereocenters. The van der Waals surface area contributed by atoms with E-state index in [1.54, 1.807) is 0 Å². The van der Waals surface area contributed by atoms with E-state index in [9.17, 15) is 43.9 Å². The van der Waals surface area contributed by atoms with E-state index in [0.717, 1.165) is 24.3 Å². The van der Waals surface area contributed by atoms with Crippen molar-refractivity contribution in [1.29, 1.82) is 0 Å². The van der Waals surface area contributed by atoms with E-state index in [0.29, 0.717) is 6.07 Å². The van der Waals surface area contributed by atoms with Crippen LogP contribution in [0.25, 0.3) is 11.1 Å². The second-order valence-electron chi connectivity index (χ2n) is 6.61. The molecule has 0 bridgehead atoms. The Morgan fingerprint density at radius 3 is 1.61 bits per heavy atom. The molecule has 0 aliphatic rings. The fourth-order valence-corrected chi connectivity index (χ4v) is 3.15. The minimum atomic E-state index is -6.34. The van der Waals surface area contributed by atoms with Crippen LogP contribution in [0.5, 0.6) is 5.75 Å². The lowest BCUT2D eigenvalue weighted by Crippen LogP contribution is -2.50. The Kier molecular flexibility index (Phi) is 6.59. The highest BCUT2D eigenvalue weighted by Gasteiger charge is 2.74. The second kappa shape index (κ2) is 8.23. The van der Waals surface area contributed by atoms with Gasteiger partial charge in [-0.15, -0.1) is 13.2 Å². The van der Waals surface area contributed by atoms with Gasteiger partial charge in [-0.1, -0.05) is 38.1 Å². The van der Waals surface area contributed by atoms with Crippen LogP contribution in [0.4, 0.5) is 43.9 Å². The topological polar surface area (TPSA) is 9.23 Å². The van der Waals surface area contributed by atoms with Gasteiger partial charge in [0.2, 0.25) is 0 Å². The Morgan fingerprint density at radius 2 is 1.23 bits per heavy atom. The zero-order valence-corrected chi connectivity index (χ0v) is 16.1. The van der Waals surface area contributed by atoms with Gasteiger partial charge < -0.3 is 4.74 Å². The van der Waals surface area contributed by atoms with Crippen LogP contribution in [-0.4, -0.2) is 18.7 Å². The molecule has 0 saturated carbocycles. The molecular formula is C20H16F10O. The quantitative estimate of drug-likeness (QED) is 0.415. The third kappa shape index (κ3) is 4.90. The predicted octanol–water partition coefficient (Wildman–Crippen LogP) is 7.67. The summed E-state index contributed by atoms with van der Waals surface area (Å²) in [7, 11) is 0. The standard InChI is InChI=1S/C20H16F10O/c1-3-11-9-12(4-2)16(13-5-7-14(8-6-13)31-20(28,29)30)15(10-11)17(21,18(22,23)24)19(25,26)27/h5-10H,3-4H2,1-2H3. The summed E-state index contributed by atoms with van der Waals surface area (Å²) in [4.78, 5) is 0. The Labute approximate surface area is 170 Å². The average molecular weight is 462 g/mol. The monoisotopic (exact) mass is 462 g/mol. The number of ether oxygens (including phenoxy) is 1. The zero-order chi connectivity index (χ0) is 23.8. The van der Waals surface area contributed by atoms with Gasteiger partial charge in [-0.3, -0.25) is 0 Å². The molecule has 0 radical (unpaired) electrons. The van der Waals surface area contributed by atoms with Crippen molar-refractivity contribution in [3.05, 3.63) is 53.1 Å². The maximum Gasteiger partial charge on any atom is 0.573 e. The van der Waals surface area contributed by atoms with Gasteiger partial charge in [0.25, 0.3) is 0 Å². The van der Waals surface area contributed by atoms with Crippen LogP contribution in [0.15, 0.2) is 36.4 Å². The molecule has 0 amide bonds. The lowest BCUT2D eigenvalue weighted by Gasteiger charge is -2.33. The summed E-state index contributed by atoms with van der Waals surface area (Å²) >= 11 is 0. The second-order valence-corrected chi connectivity index (χ2v) is 6.61. The van der Waals surface area contributed by atoms with Crippen molar-refractivity contribution >= 4 is 0 Å². The smallest absolute Gasteiger partial charge is 0.406 e. The van der Waals surface area contributed by atoms with E-state index >= 15 is 0 Å². The van der Waals surface area contributed by atoms with Gasteiger partial charge in [0.1, 0.15) is 5.75 Å². The van der Waals surface area contributed by atoms with Crippen molar-refractivity contribution in [2.75, 3.05) is 0 Å². The first kappa shape index (κ1) is 24.8. The van der Waals surface area contributed by atoms with Gasteiger partial charge in [-0.25, -0.2) is 4.39 Å². The number of halogens is 10. The summed E-state index contributed by atoms with van der Waals surface area (Å²) in [6.07, 6.45) is -17.7. The minimum Gasteiger partial charge on any atom is -0.406 e. The van der Waals surface area contributed by atoms with Gasteiger partial charge in [-0.2, -0.15) is 26.3 Å². The first-order valence-electron chi connectivity index (χ1n) is 8.90. The van der Waals surface area contributed by atoms with E-state index in [-0.39, 0.29) is 29.5 Å². The molecule has 172 valence electrons. The lowest BCUT2D eigenvalue weighted by atomic mass is 9.82. The van der Waals surface area contributed by atoms with Crippen LogP contribution < -0.4 is 4.74 Å². The molecule has 0 heterocycles. The van der Waals surface area contributed by atoms with Crippen LogP contribution >= 0.6 is 0 Å². The van der Waals surface area contributed by atoms with Crippen molar-refractivity contribution in [1.82, 2.24) is 0 Å². The molecular weight excluding hydrogens is 446 g/mol. The molecule has 31 heavy (non-hydrogen) atoms. The fourth-order valence-electron chi connectivity index (χ4n) is 3.15. The van der Waals surface area contributed by atoms with E-state index < -0.39 is 41.3 Å². The fraction of sp³-hybridized carbons (Fsp3) is 0.400. The molecule has 0 aliphatic carbocycles. The summed E-state index contributed by atoms with van der Waals surface area (Å²) in [6.45, 7) is 2.92. The Balaban J connectivity index is 2.84. The van der Waals surface area contributed by atoms with Gasteiger partial charge in [-0.05, 0) is 47.2 Å². The Morgan fingerprint density at radius 1 is 0.710 bits per heavy atom. The van der Waals surface area contributed by atoms with Crippen LogP contribution in [0, 0.1) is 0 Å². The van der Waals surface area contributed by atoms with Crippen molar-refractivity contribution in [2.24, 2.45) is 0 Å².